The molecule has 0 atom stereocenters. The Morgan fingerprint density at radius 1 is 1.13 bits per heavy atom. The lowest BCUT2D eigenvalue weighted by molar-refractivity contribution is 0.0923. The number of hydrogen-bond donors (Lipinski definition) is 1. The van der Waals surface area contributed by atoms with Gasteiger partial charge in [-0.3, -0.25) is 4.79 Å². The number of pyridine rings is 1. The number of fused-ring (bicyclic) bond motifs is 1. The van der Waals surface area contributed by atoms with Gasteiger partial charge in [-0.2, -0.15) is 0 Å². The van der Waals surface area contributed by atoms with E-state index in [4.69, 9.17) is 0 Å². The minimum absolute atomic E-state index is 0.0933. The van der Waals surface area contributed by atoms with E-state index in [1.165, 1.54) is 12.0 Å². The summed E-state index contributed by atoms with van der Waals surface area (Å²) in [6.07, 6.45) is 7.15. The van der Waals surface area contributed by atoms with Crippen molar-refractivity contribution in [1.29, 1.82) is 0 Å². The highest BCUT2D eigenvalue weighted by Gasteiger charge is 2.38. The second-order valence-corrected chi connectivity index (χ2v) is 6.27. The van der Waals surface area contributed by atoms with Crippen LogP contribution in [0.25, 0.3) is 5.65 Å². The summed E-state index contributed by atoms with van der Waals surface area (Å²) in [5.41, 5.74) is 2.68. The summed E-state index contributed by atoms with van der Waals surface area (Å²) < 4.78 is 1.87. The molecule has 3 aromatic rings. The van der Waals surface area contributed by atoms with Gasteiger partial charge in [0.2, 0.25) is 0 Å². The monoisotopic (exact) mass is 305 g/mol. The lowest BCUT2D eigenvalue weighted by Gasteiger charge is -2.42. The highest BCUT2D eigenvalue weighted by Crippen LogP contribution is 2.43. The zero-order valence-electron chi connectivity index (χ0n) is 12.9. The highest BCUT2D eigenvalue weighted by atomic mass is 16.1. The standard InChI is InChI=1S/C19H19N3O/c23-18(16-13-22-12-5-4-9-17(22)21-16)20-14-19(10-6-11-19)15-7-2-1-3-8-15/h1-5,7-9,12-13H,6,10-11,14H2,(H,20,23). The molecular weight excluding hydrogens is 286 g/mol. The molecule has 1 aromatic carbocycles. The van der Waals surface area contributed by atoms with E-state index in [0.29, 0.717) is 12.2 Å². The summed E-state index contributed by atoms with van der Waals surface area (Å²) in [7, 11) is 0. The quantitative estimate of drug-likeness (QED) is 0.804. The zero-order valence-corrected chi connectivity index (χ0v) is 12.9. The predicted molar refractivity (Wildman–Crippen MR) is 89.5 cm³/mol. The van der Waals surface area contributed by atoms with Crippen molar-refractivity contribution >= 4 is 11.6 Å². The van der Waals surface area contributed by atoms with Crippen LogP contribution in [0.3, 0.4) is 0 Å². The minimum atomic E-state index is -0.101. The third-order valence-corrected chi connectivity index (χ3v) is 4.88. The first-order chi connectivity index (χ1) is 11.3. The van der Waals surface area contributed by atoms with Gasteiger partial charge in [-0.05, 0) is 30.5 Å². The van der Waals surface area contributed by atoms with E-state index in [1.54, 1.807) is 6.20 Å². The van der Waals surface area contributed by atoms with Gasteiger partial charge in [-0.1, -0.05) is 42.8 Å². The number of carbonyl (C=O) groups excluding carboxylic acids is 1. The lowest BCUT2D eigenvalue weighted by atomic mass is 9.64. The van der Waals surface area contributed by atoms with Crippen molar-refractivity contribution < 1.29 is 4.79 Å². The average molecular weight is 305 g/mol. The summed E-state index contributed by atoms with van der Waals surface area (Å²) in [6, 6.07) is 16.2. The summed E-state index contributed by atoms with van der Waals surface area (Å²) >= 11 is 0. The van der Waals surface area contributed by atoms with Gasteiger partial charge in [0, 0.05) is 24.4 Å². The van der Waals surface area contributed by atoms with Crippen molar-refractivity contribution in [3.63, 3.8) is 0 Å². The maximum absolute atomic E-state index is 12.4. The fourth-order valence-electron chi connectivity index (χ4n) is 3.35. The van der Waals surface area contributed by atoms with Crippen LogP contribution in [0.2, 0.25) is 0 Å². The van der Waals surface area contributed by atoms with E-state index >= 15 is 0 Å². The van der Waals surface area contributed by atoms with Crippen LogP contribution < -0.4 is 5.32 Å². The Bertz CT molecular complexity index is 801. The van der Waals surface area contributed by atoms with E-state index in [0.717, 1.165) is 18.5 Å². The molecule has 0 aliphatic heterocycles. The summed E-state index contributed by atoms with van der Waals surface area (Å²) in [6.45, 7) is 0.670. The molecule has 1 fully saturated rings. The third kappa shape index (κ3) is 2.50. The molecule has 1 aliphatic rings. The first-order valence-electron chi connectivity index (χ1n) is 8.04. The fourth-order valence-corrected chi connectivity index (χ4v) is 3.35. The number of aromatic nitrogens is 2. The molecule has 4 rings (SSSR count). The van der Waals surface area contributed by atoms with Crippen LogP contribution in [-0.4, -0.2) is 21.8 Å². The van der Waals surface area contributed by atoms with Crippen LogP contribution in [0, 0.1) is 0 Å². The molecule has 4 heteroatoms. The molecule has 1 saturated carbocycles. The molecule has 0 spiro atoms. The van der Waals surface area contributed by atoms with Crippen LogP contribution in [0.4, 0.5) is 0 Å². The van der Waals surface area contributed by atoms with Gasteiger partial charge in [0.25, 0.3) is 5.91 Å². The number of rotatable bonds is 4. The summed E-state index contributed by atoms with van der Waals surface area (Å²) in [5.74, 6) is -0.101. The molecule has 0 unspecified atom stereocenters. The summed E-state index contributed by atoms with van der Waals surface area (Å²) in [4.78, 5) is 16.8. The Kier molecular flexibility index (Phi) is 3.37. The topological polar surface area (TPSA) is 46.4 Å². The second-order valence-electron chi connectivity index (χ2n) is 6.27. The number of carbonyl (C=O) groups is 1. The molecule has 116 valence electrons. The van der Waals surface area contributed by atoms with Gasteiger partial charge < -0.3 is 9.72 Å². The Balaban J connectivity index is 1.50. The molecule has 1 N–H and O–H groups in total. The average Bonchev–Trinajstić information content (AvgIpc) is 2.99. The van der Waals surface area contributed by atoms with Crippen molar-refractivity contribution in [2.24, 2.45) is 0 Å². The first-order valence-corrected chi connectivity index (χ1v) is 8.04. The Labute approximate surface area is 135 Å². The maximum Gasteiger partial charge on any atom is 0.271 e. The van der Waals surface area contributed by atoms with E-state index in [-0.39, 0.29) is 11.3 Å². The Hall–Kier alpha value is -2.62. The minimum Gasteiger partial charge on any atom is -0.350 e. The maximum atomic E-state index is 12.4. The number of imidazole rings is 1. The Morgan fingerprint density at radius 2 is 1.91 bits per heavy atom. The molecule has 2 heterocycles. The molecule has 0 bridgehead atoms. The van der Waals surface area contributed by atoms with Crippen molar-refractivity contribution in [1.82, 2.24) is 14.7 Å². The molecule has 1 amide bonds. The molecule has 0 radical (unpaired) electrons. The Morgan fingerprint density at radius 3 is 2.61 bits per heavy atom. The number of benzene rings is 1. The number of nitrogens with one attached hydrogen (secondary N) is 1. The normalized spacial score (nSPS) is 16.0. The number of nitrogens with zero attached hydrogens (tertiary/aromatic N) is 2. The van der Waals surface area contributed by atoms with Crippen LogP contribution in [-0.2, 0) is 5.41 Å². The first kappa shape index (κ1) is 14.0. The lowest BCUT2D eigenvalue weighted by Crippen LogP contribution is -2.45. The van der Waals surface area contributed by atoms with E-state index in [2.05, 4.69) is 34.6 Å². The van der Waals surface area contributed by atoms with Gasteiger partial charge in [0.05, 0.1) is 0 Å². The van der Waals surface area contributed by atoms with Crippen molar-refractivity contribution in [3.05, 3.63) is 72.2 Å². The SMILES string of the molecule is O=C(NCC1(c2ccccc2)CCC1)c1cn2ccccc2n1. The van der Waals surface area contributed by atoms with Gasteiger partial charge in [-0.25, -0.2) is 4.98 Å². The largest absolute Gasteiger partial charge is 0.350 e. The van der Waals surface area contributed by atoms with Gasteiger partial charge in [-0.15, -0.1) is 0 Å². The van der Waals surface area contributed by atoms with Crippen LogP contribution >= 0.6 is 0 Å². The molecule has 2 aromatic heterocycles. The van der Waals surface area contributed by atoms with Gasteiger partial charge in [0.15, 0.2) is 0 Å². The molecular formula is C19H19N3O. The van der Waals surface area contributed by atoms with E-state index in [1.807, 2.05) is 34.9 Å². The predicted octanol–water partition coefficient (Wildman–Crippen LogP) is 3.19. The second kappa shape index (κ2) is 5.54. The van der Waals surface area contributed by atoms with E-state index < -0.39 is 0 Å². The number of hydrogen-bond acceptors (Lipinski definition) is 2. The molecule has 4 nitrogen and oxygen atoms in total. The molecule has 0 saturated heterocycles. The van der Waals surface area contributed by atoms with Crippen molar-refractivity contribution in [3.8, 4) is 0 Å². The van der Waals surface area contributed by atoms with Crippen LogP contribution in [0.1, 0.15) is 35.3 Å². The zero-order chi connectivity index (χ0) is 15.7. The van der Waals surface area contributed by atoms with Gasteiger partial charge in [0.1, 0.15) is 11.3 Å². The van der Waals surface area contributed by atoms with E-state index in [9.17, 15) is 4.79 Å². The highest BCUT2D eigenvalue weighted by molar-refractivity contribution is 5.92. The molecule has 1 aliphatic carbocycles. The van der Waals surface area contributed by atoms with Crippen LogP contribution in [0.5, 0.6) is 0 Å². The third-order valence-electron chi connectivity index (χ3n) is 4.88. The smallest absolute Gasteiger partial charge is 0.271 e. The van der Waals surface area contributed by atoms with Crippen molar-refractivity contribution in [2.75, 3.05) is 6.54 Å². The van der Waals surface area contributed by atoms with Crippen molar-refractivity contribution in [2.45, 2.75) is 24.7 Å². The van der Waals surface area contributed by atoms with Crippen LogP contribution in [0.15, 0.2) is 60.9 Å². The number of amides is 1. The summed E-state index contributed by atoms with van der Waals surface area (Å²) in [5, 5.41) is 3.09. The molecule has 23 heavy (non-hydrogen) atoms. The van der Waals surface area contributed by atoms with Gasteiger partial charge >= 0.3 is 0 Å². The fraction of sp³-hybridized carbons (Fsp3) is 0.263.